The lowest BCUT2D eigenvalue weighted by Crippen LogP contribution is -2.28. The number of fused-ring (bicyclic) bond motifs is 1. The van der Waals surface area contributed by atoms with Gasteiger partial charge in [-0.1, -0.05) is 28.1 Å². The van der Waals surface area contributed by atoms with Gasteiger partial charge in [0.25, 0.3) is 0 Å². The summed E-state index contributed by atoms with van der Waals surface area (Å²) in [4.78, 5) is 12.2. The number of hydrogen-bond donors (Lipinski definition) is 1. The maximum absolute atomic E-state index is 12.2. The molecular weight excluding hydrogens is 346 g/mol. The number of ether oxygens (including phenoxy) is 2. The largest absolute Gasteiger partial charge is 0.486 e. The molecule has 0 bridgehead atoms. The van der Waals surface area contributed by atoms with Crippen molar-refractivity contribution in [2.45, 2.75) is 32.2 Å². The molecule has 118 valence electrons. The molecule has 0 saturated carbocycles. The summed E-state index contributed by atoms with van der Waals surface area (Å²) in [5.41, 5.74) is 1.000. The fourth-order valence-electron chi connectivity index (χ4n) is 2.89. The first kappa shape index (κ1) is 15.4. The van der Waals surface area contributed by atoms with E-state index in [2.05, 4.69) is 33.4 Å². The molecule has 0 radical (unpaired) electrons. The summed E-state index contributed by atoms with van der Waals surface area (Å²) in [6.45, 7) is 3.11. The molecule has 1 aromatic rings. The van der Waals surface area contributed by atoms with Crippen molar-refractivity contribution in [1.29, 1.82) is 0 Å². The molecule has 2 aliphatic rings. The molecule has 3 rings (SSSR count). The van der Waals surface area contributed by atoms with Gasteiger partial charge in [-0.05, 0) is 43.4 Å². The van der Waals surface area contributed by atoms with Gasteiger partial charge in [0, 0.05) is 10.9 Å². The van der Waals surface area contributed by atoms with Gasteiger partial charge in [-0.25, -0.2) is 0 Å². The van der Waals surface area contributed by atoms with Crippen LogP contribution in [0.4, 0.5) is 0 Å². The molecule has 1 N–H and O–H groups in total. The van der Waals surface area contributed by atoms with Crippen LogP contribution in [0.25, 0.3) is 0 Å². The Morgan fingerprint density at radius 1 is 1.36 bits per heavy atom. The van der Waals surface area contributed by atoms with Crippen LogP contribution in [0.15, 0.2) is 28.8 Å². The van der Waals surface area contributed by atoms with Crippen LogP contribution in [0.2, 0.25) is 0 Å². The van der Waals surface area contributed by atoms with E-state index in [1.54, 1.807) is 0 Å². The Labute approximate surface area is 139 Å². The second kappa shape index (κ2) is 6.73. The molecule has 1 aliphatic carbocycles. The lowest BCUT2D eigenvalue weighted by Gasteiger charge is -2.22. The number of amides is 1. The molecule has 0 spiro atoms. The minimum absolute atomic E-state index is 0.0805. The van der Waals surface area contributed by atoms with Gasteiger partial charge < -0.3 is 14.8 Å². The Morgan fingerprint density at radius 3 is 2.77 bits per heavy atom. The van der Waals surface area contributed by atoms with Crippen molar-refractivity contribution in [2.24, 2.45) is 5.92 Å². The third-order valence-electron chi connectivity index (χ3n) is 4.07. The highest BCUT2D eigenvalue weighted by molar-refractivity contribution is 9.10. The number of carbonyl (C=O) groups excluding carboxylic acids is 1. The Balaban J connectivity index is 1.67. The molecule has 5 heteroatoms. The zero-order chi connectivity index (χ0) is 15.5. The van der Waals surface area contributed by atoms with Crippen molar-refractivity contribution in [3.63, 3.8) is 0 Å². The normalized spacial score (nSPS) is 20.7. The Hall–Kier alpha value is -1.49. The van der Waals surface area contributed by atoms with Gasteiger partial charge in [-0.15, -0.1) is 0 Å². The van der Waals surface area contributed by atoms with Gasteiger partial charge in [-0.3, -0.25) is 4.79 Å². The maximum Gasteiger partial charge on any atom is 0.221 e. The van der Waals surface area contributed by atoms with Crippen LogP contribution in [0.5, 0.6) is 11.5 Å². The van der Waals surface area contributed by atoms with Crippen LogP contribution >= 0.6 is 15.9 Å². The van der Waals surface area contributed by atoms with E-state index in [-0.39, 0.29) is 11.9 Å². The van der Waals surface area contributed by atoms with E-state index in [0.717, 1.165) is 34.4 Å². The number of nitrogens with one attached hydrogen (secondary N) is 1. The standard InChI is InChI=1S/C17H20BrNO3/c1-11(19-17(20)8-12-4-2-3-5-12)13-9-15-16(10-14(13)18)22-7-6-21-15/h2,4,9-12H,3,5-8H2,1H3,(H,19,20). The highest BCUT2D eigenvalue weighted by Crippen LogP contribution is 2.37. The van der Waals surface area contributed by atoms with Crippen molar-refractivity contribution in [1.82, 2.24) is 5.32 Å². The third-order valence-corrected chi connectivity index (χ3v) is 4.75. The number of hydrogen-bond acceptors (Lipinski definition) is 3. The Bertz CT molecular complexity index is 600. The molecule has 2 atom stereocenters. The molecule has 1 aromatic carbocycles. The van der Waals surface area contributed by atoms with Crippen molar-refractivity contribution in [3.05, 3.63) is 34.3 Å². The van der Waals surface area contributed by atoms with E-state index in [9.17, 15) is 4.79 Å². The van der Waals surface area contributed by atoms with E-state index in [1.165, 1.54) is 0 Å². The fraction of sp³-hybridized carbons (Fsp3) is 0.471. The Kier molecular flexibility index (Phi) is 4.71. The summed E-state index contributed by atoms with van der Waals surface area (Å²) in [5, 5.41) is 3.07. The van der Waals surface area contributed by atoms with Crippen LogP contribution in [0.3, 0.4) is 0 Å². The van der Waals surface area contributed by atoms with Crippen LogP contribution < -0.4 is 14.8 Å². The fourth-order valence-corrected chi connectivity index (χ4v) is 3.56. The predicted octanol–water partition coefficient (Wildman–Crippen LogP) is 3.75. The Morgan fingerprint density at radius 2 is 2.09 bits per heavy atom. The lowest BCUT2D eigenvalue weighted by atomic mass is 10.0. The van der Waals surface area contributed by atoms with Crippen LogP contribution in [0, 0.1) is 5.92 Å². The average molecular weight is 366 g/mol. The van der Waals surface area contributed by atoms with Crippen molar-refractivity contribution in [3.8, 4) is 11.5 Å². The lowest BCUT2D eigenvalue weighted by molar-refractivity contribution is -0.122. The number of benzene rings is 1. The molecule has 1 heterocycles. The van der Waals surface area contributed by atoms with Crippen LogP contribution in [-0.4, -0.2) is 19.1 Å². The number of carbonyl (C=O) groups is 1. The average Bonchev–Trinajstić information content (AvgIpc) is 2.99. The van der Waals surface area contributed by atoms with Gasteiger partial charge in [0.15, 0.2) is 11.5 Å². The molecule has 1 aliphatic heterocycles. The highest BCUT2D eigenvalue weighted by Gasteiger charge is 2.20. The predicted molar refractivity (Wildman–Crippen MR) is 88.2 cm³/mol. The first-order chi connectivity index (χ1) is 10.6. The summed E-state index contributed by atoms with van der Waals surface area (Å²) in [6, 6.07) is 3.77. The van der Waals surface area contributed by atoms with Crippen LogP contribution in [0.1, 0.15) is 37.8 Å². The smallest absolute Gasteiger partial charge is 0.221 e. The summed E-state index contributed by atoms with van der Waals surface area (Å²) in [7, 11) is 0. The molecule has 22 heavy (non-hydrogen) atoms. The first-order valence-corrected chi connectivity index (χ1v) is 8.48. The van der Waals surface area contributed by atoms with E-state index in [4.69, 9.17) is 9.47 Å². The second-order valence-electron chi connectivity index (χ2n) is 5.78. The number of allylic oxidation sites excluding steroid dienone is 2. The molecule has 2 unspecified atom stereocenters. The maximum atomic E-state index is 12.2. The number of rotatable bonds is 4. The van der Waals surface area contributed by atoms with Gasteiger partial charge in [0.2, 0.25) is 5.91 Å². The van der Waals surface area contributed by atoms with E-state index >= 15 is 0 Å². The zero-order valence-electron chi connectivity index (χ0n) is 12.6. The second-order valence-corrected chi connectivity index (χ2v) is 6.63. The van der Waals surface area contributed by atoms with Gasteiger partial charge in [0.1, 0.15) is 13.2 Å². The van der Waals surface area contributed by atoms with Gasteiger partial charge in [0.05, 0.1) is 6.04 Å². The van der Waals surface area contributed by atoms with Crippen molar-refractivity contribution in [2.75, 3.05) is 13.2 Å². The minimum Gasteiger partial charge on any atom is -0.486 e. The van der Waals surface area contributed by atoms with Crippen molar-refractivity contribution >= 4 is 21.8 Å². The monoisotopic (exact) mass is 365 g/mol. The molecule has 0 fully saturated rings. The van der Waals surface area contributed by atoms with Crippen molar-refractivity contribution < 1.29 is 14.3 Å². The third kappa shape index (κ3) is 3.46. The number of halogens is 1. The van der Waals surface area contributed by atoms with E-state index < -0.39 is 0 Å². The van der Waals surface area contributed by atoms with Gasteiger partial charge >= 0.3 is 0 Å². The van der Waals surface area contributed by atoms with Crippen LogP contribution in [-0.2, 0) is 4.79 Å². The van der Waals surface area contributed by atoms with E-state index in [0.29, 0.717) is 25.6 Å². The summed E-state index contributed by atoms with van der Waals surface area (Å²) >= 11 is 3.56. The molecule has 0 saturated heterocycles. The first-order valence-electron chi connectivity index (χ1n) is 7.68. The highest BCUT2D eigenvalue weighted by atomic mass is 79.9. The summed E-state index contributed by atoms with van der Waals surface area (Å²) < 4.78 is 12.1. The molecule has 0 aromatic heterocycles. The van der Waals surface area contributed by atoms with E-state index in [1.807, 2.05) is 19.1 Å². The summed E-state index contributed by atoms with van der Waals surface area (Å²) in [5.74, 6) is 1.96. The van der Waals surface area contributed by atoms with Gasteiger partial charge in [-0.2, -0.15) is 0 Å². The quantitative estimate of drug-likeness (QED) is 0.826. The molecule has 4 nitrogen and oxygen atoms in total. The SMILES string of the molecule is CC(NC(=O)CC1C=CCC1)c1cc2c(cc1Br)OCCO2. The summed E-state index contributed by atoms with van der Waals surface area (Å²) in [6.07, 6.45) is 7.02. The zero-order valence-corrected chi connectivity index (χ0v) is 14.2. The molecule has 1 amide bonds. The minimum atomic E-state index is -0.0805. The topological polar surface area (TPSA) is 47.6 Å². The molecular formula is C17H20BrNO3.